The Bertz CT molecular complexity index is 818. The second kappa shape index (κ2) is 8.61. The Morgan fingerprint density at radius 2 is 1.78 bits per heavy atom. The Morgan fingerprint density at radius 3 is 2.33 bits per heavy atom. The van der Waals surface area contributed by atoms with Crippen molar-refractivity contribution in [3.8, 4) is 0 Å². The molecule has 0 aliphatic carbocycles. The molecule has 1 atom stereocenters. The zero-order valence-corrected chi connectivity index (χ0v) is 17.4. The van der Waals surface area contributed by atoms with Gasteiger partial charge in [0.1, 0.15) is 5.54 Å². The number of carbonyl (C=O) groups excluding carboxylic acids is 1. The van der Waals surface area contributed by atoms with Gasteiger partial charge in [0.2, 0.25) is 5.91 Å². The second-order valence-electron chi connectivity index (χ2n) is 7.96. The van der Waals surface area contributed by atoms with Crippen LogP contribution in [0.3, 0.4) is 0 Å². The largest absolute Gasteiger partial charge is 0.396 e. The zero-order chi connectivity index (χ0) is 20.2. The minimum absolute atomic E-state index is 0.227. The van der Waals surface area contributed by atoms with Gasteiger partial charge in [0.15, 0.2) is 0 Å². The fraction of sp³-hybridized carbons (Fsp3) is 0.381. The Balaban J connectivity index is 0.000000321. The van der Waals surface area contributed by atoms with E-state index >= 15 is 0 Å². The molecule has 2 aromatic rings. The number of nitrogens with two attached hydrogens (primary N) is 1. The maximum absolute atomic E-state index is 12.2. The summed E-state index contributed by atoms with van der Waals surface area (Å²) in [5, 5.41) is 12.4. The molecular weight excluding hydrogens is 383 g/mol. The first-order chi connectivity index (χ1) is 12.5. The average molecular weight is 409 g/mol. The molecule has 0 spiro atoms. The van der Waals surface area contributed by atoms with Crippen LogP contribution in [0.15, 0.2) is 42.5 Å². The molecule has 4 nitrogen and oxygen atoms in total. The van der Waals surface area contributed by atoms with E-state index < -0.39 is 5.54 Å². The minimum atomic E-state index is -1.09. The number of hydrogen-bond acceptors (Lipinski definition) is 3. The molecule has 6 heteroatoms. The highest BCUT2D eigenvalue weighted by atomic mass is 35.5. The molecule has 1 unspecified atom stereocenters. The predicted octanol–water partition coefficient (Wildman–Crippen LogP) is 4.76. The van der Waals surface area contributed by atoms with E-state index in [1.807, 2.05) is 18.2 Å². The molecule has 0 aromatic heterocycles. The number of nitrogens with one attached hydrogen (secondary N) is 1. The van der Waals surface area contributed by atoms with E-state index in [0.717, 1.165) is 17.5 Å². The summed E-state index contributed by atoms with van der Waals surface area (Å²) in [5.74, 6) is -0.227. The molecule has 1 aliphatic heterocycles. The van der Waals surface area contributed by atoms with Gasteiger partial charge in [0, 0.05) is 34.3 Å². The zero-order valence-electron chi connectivity index (χ0n) is 15.9. The smallest absolute Gasteiger partial charge is 0.249 e. The lowest BCUT2D eigenvalue weighted by atomic mass is 9.86. The van der Waals surface area contributed by atoms with E-state index in [4.69, 9.17) is 34.0 Å². The lowest BCUT2D eigenvalue weighted by Crippen LogP contribution is -2.45. The SMILES string of the molecule is CC(C)(C)CCO.NC1(Cc2cccc(Cl)c2)C(=O)Nc2cc(Cl)ccc21. The highest BCUT2D eigenvalue weighted by Gasteiger charge is 2.43. The molecule has 1 heterocycles. The van der Waals surface area contributed by atoms with Gasteiger partial charge in [-0.25, -0.2) is 0 Å². The van der Waals surface area contributed by atoms with E-state index in [-0.39, 0.29) is 5.91 Å². The van der Waals surface area contributed by atoms with Crippen LogP contribution in [0.5, 0.6) is 0 Å². The third kappa shape index (κ3) is 5.69. The molecule has 0 saturated carbocycles. The molecule has 27 heavy (non-hydrogen) atoms. The molecule has 1 aliphatic rings. The summed E-state index contributed by atoms with van der Waals surface area (Å²) in [6.45, 7) is 6.65. The number of halogens is 2. The Labute approximate surface area is 170 Å². The number of anilines is 1. The third-order valence-corrected chi connectivity index (χ3v) is 4.82. The van der Waals surface area contributed by atoms with E-state index in [9.17, 15) is 4.79 Å². The van der Waals surface area contributed by atoms with E-state index in [1.165, 1.54) is 0 Å². The summed E-state index contributed by atoms with van der Waals surface area (Å²) < 4.78 is 0. The summed E-state index contributed by atoms with van der Waals surface area (Å²) in [4.78, 5) is 12.2. The average Bonchev–Trinajstić information content (AvgIpc) is 2.77. The van der Waals surface area contributed by atoms with Gasteiger partial charge in [0.25, 0.3) is 0 Å². The lowest BCUT2D eigenvalue weighted by Gasteiger charge is -2.22. The predicted molar refractivity (Wildman–Crippen MR) is 112 cm³/mol. The van der Waals surface area contributed by atoms with Crippen molar-refractivity contribution >= 4 is 34.8 Å². The lowest BCUT2D eigenvalue weighted by molar-refractivity contribution is -0.120. The number of amides is 1. The quantitative estimate of drug-likeness (QED) is 0.685. The van der Waals surface area contributed by atoms with Crippen LogP contribution < -0.4 is 11.1 Å². The van der Waals surface area contributed by atoms with Crippen LogP contribution in [0.1, 0.15) is 38.3 Å². The van der Waals surface area contributed by atoms with Gasteiger partial charge in [-0.3, -0.25) is 4.79 Å². The number of aliphatic hydroxyl groups is 1. The first kappa shape index (κ1) is 21.7. The van der Waals surface area contributed by atoms with Crippen molar-refractivity contribution in [3.05, 3.63) is 63.6 Å². The summed E-state index contributed by atoms with van der Waals surface area (Å²) in [5.41, 5.74) is 7.90. The van der Waals surface area contributed by atoms with Gasteiger partial charge in [0.05, 0.1) is 0 Å². The number of rotatable bonds is 3. The van der Waals surface area contributed by atoms with E-state index in [1.54, 1.807) is 24.3 Å². The standard InChI is InChI=1S/C15H12Cl2N2O.C6H14O/c16-10-3-1-2-9(6-10)8-15(18)12-5-4-11(17)7-13(12)19-14(15)20;1-6(2,3)4-5-7/h1-7H,8,18H2,(H,19,20);7H,4-5H2,1-3H3. The van der Waals surface area contributed by atoms with Crippen molar-refractivity contribution in [2.75, 3.05) is 11.9 Å². The first-order valence-corrected chi connectivity index (χ1v) is 9.56. The fourth-order valence-electron chi connectivity index (χ4n) is 2.84. The van der Waals surface area contributed by atoms with Crippen LogP contribution in [0.2, 0.25) is 10.0 Å². The molecule has 1 amide bonds. The normalized spacial score (nSPS) is 18.4. The van der Waals surface area contributed by atoms with Crippen molar-refractivity contribution in [3.63, 3.8) is 0 Å². The molecule has 146 valence electrons. The number of carbonyl (C=O) groups is 1. The Morgan fingerprint density at radius 1 is 1.11 bits per heavy atom. The number of hydrogen-bond donors (Lipinski definition) is 3. The van der Waals surface area contributed by atoms with E-state index in [2.05, 4.69) is 26.1 Å². The summed E-state index contributed by atoms with van der Waals surface area (Å²) in [6.07, 6.45) is 1.28. The number of aliphatic hydroxyl groups excluding tert-OH is 1. The Hall–Kier alpha value is -1.59. The third-order valence-electron chi connectivity index (χ3n) is 4.35. The van der Waals surface area contributed by atoms with E-state index in [0.29, 0.717) is 34.2 Å². The fourth-order valence-corrected chi connectivity index (χ4v) is 3.23. The van der Waals surface area contributed by atoms with Gasteiger partial charge >= 0.3 is 0 Å². The van der Waals surface area contributed by atoms with Crippen molar-refractivity contribution in [2.45, 2.75) is 39.2 Å². The van der Waals surface area contributed by atoms with Crippen LogP contribution >= 0.6 is 23.2 Å². The molecular formula is C21H26Cl2N2O2. The van der Waals surface area contributed by atoms with Crippen LogP contribution in [0, 0.1) is 5.41 Å². The molecule has 3 rings (SSSR count). The van der Waals surface area contributed by atoms with Crippen molar-refractivity contribution in [2.24, 2.45) is 11.1 Å². The van der Waals surface area contributed by atoms with Gasteiger partial charge in [-0.2, -0.15) is 0 Å². The summed E-state index contributed by atoms with van der Waals surface area (Å²) >= 11 is 11.9. The van der Waals surface area contributed by atoms with Gasteiger partial charge in [-0.15, -0.1) is 0 Å². The van der Waals surface area contributed by atoms with Crippen LogP contribution in [-0.4, -0.2) is 17.6 Å². The van der Waals surface area contributed by atoms with Crippen molar-refractivity contribution in [1.82, 2.24) is 0 Å². The molecule has 0 fully saturated rings. The molecule has 0 radical (unpaired) electrons. The minimum Gasteiger partial charge on any atom is -0.396 e. The maximum atomic E-state index is 12.2. The number of benzene rings is 2. The van der Waals surface area contributed by atoms with Crippen molar-refractivity contribution < 1.29 is 9.90 Å². The maximum Gasteiger partial charge on any atom is 0.249 e. The topological polar surface area (TPSA) is 75.3 Å². The molecule has 2 aromatic carbocycles. The summed E-state index contributed by atoms with van der Waals surface area (Å²) in [7, 11) is 0. The van der Waals surface area contributed by atoms with Gasteiger partial charge in [-0.05, 0) is 41.7 Å². The van der Waals surface area contributed by atoms with Crippen LogP contribution in [0.4, 0.5) is 5.69 Å². The molecule has 4 N–H and O–H groups in total. The first-order valence-electron chi connectivity index (χ1n) is 8.81. The highest BCUT2D eigenvalue weighted by molar-refractivity contribution is 6.31. The molecule has 0 saturated heterocycles. The van der Waals surface area contributed by atoms with Crippen LogP contribution in [-0.2, 0) is 16.8 Å². The number of fused-ring (bicyclic) bond motifs is 1. The van der Waals surface area contributed by atoms with Gasteiger partial charge in [-0.1, -0.05) is 62.2 Å². The van der Waals surface area contributed by atoms with Crippen LogP contribution in [0.25, 0.3) is 0 Å². The Kier molecular flexibility index (Phi) is 6.92. The molecule has 0 bridgehead atoms. The highest BCUT2D eigenvalue weighted by Crippen LogP contribution is 2.38. The second-order valence-corrected chi connectivity index (χ2v) is 8.83. The monoisotopic (exact) mass is 408 g/mol. The van der Waals surface area contributed by atoms with Crippen molar-refractivity contribution in [1.29, 1.82) is 0 Å². The van der Waals surface area contributed by atoms with Gasteiger partial charge < -0.3 is 16.2 Å². The summed E-state index contributed by atoms with van der Waals surface area (Å²) in [6, 6.07) is 12.6.